The lowest BCUT2D eigenvalue weighted by atomic mass is 9.87. The van der Waals surface area contributed by atoms with Crippen molar-refractivity contribution in [3.8, 4) is 0 Å². The molecule has 10 nitrogen and oxygen atoms in total. The second-order valence-electron chi connectivity index (χ2n) is 7.00. The average molecular weight is 409 g/mol. The zero-order chi connectivity index (χ0) is 22.1. The molecule has 0 aliphatic heterocycles. The number of nitrogens with two attached hydrogens (primary N) is 1. The molecule has 0 aromatic heterocycles. The smallest absolute Gasteiger partial charge is 0.306 e. The molecule has 0 heterocycles. The van der Waals surface area contributed by atoms with E-state index in [9.17, 15) is 29.6 Å². The van der Waals surface area contributed by atoms with E-state index in [0.29, 0.717) is 5.56 Å². The van der Waals surface area contributed by atoms with Crippen LogP contribution in [-0.2, 0) is 19.1 Å². The lowest BCUT2D eigenvalue weighted by Crippen LogP contribution is -2.51. The second kappa shape index (κ2) is 11.1. The van der Waals surface area contributed by atoms with Gasteiger partial charge in [-0.3, -0.25) is 24.5 Å². The molecular weight excluding hydrogens is 382 g/mol. The third-order valence-corrected chi connectivity index (χ3v) is 4.23. The molecule has 0 radical (unpaired) electrons. The summed E-state index contributed by atoms with van der Waals surface area (Å²) in [6.45, 7) is 5.38. The number of rotatable bonds is 11. The molecule has 0 saturated heterocycles. The molecule has 3 atom stereocenters. The van der Waals surface area contributed by atoms with Crippen molar-refractivity contribution in [3.05, 3.63) is 39.9 Å². The van der Waals surface area contributed by atoms with E-state index in [0.717, 1.165) is 0 Å². The van der Waals surface area contributed by atoms with Crippen molar-refractivity contribution in [2.24, 2.45) is 11.7 Å². The van der Waals surface area contributed by atoms with Crippen LogP contribution in [0.3, 0.4) is 0 Å². The summed E-state index contributed by atoms with van der Waals surface area (Å²) in [6, 6.07) is 3.89. The molecule has 0 aliphatic rings. The molecule has 0 aliphatic carbocycles. The van der Waals surface area contributed by atoms with Gasteiger partial charge in [-0.2, -0.15) is 0 Å². The SMILES string of the molecule is CCOC(=O)C[C@H](c1ccc([N+](=O)[O-])cc1)[C@H](NC(=O)[C@@H](O)CC(C)C)C(N)=O. The number of ether oxygens (including phenoxy) is 1. The minimum atomic E-state index is -1.35. The third-order valence-electron chi connectivity index (χ3n) is 4.23. The number of hydrogen-bond donors (Lipinski definition) is 3. The highest BCUT2D eigenvalue weighted by atomic mass is 16.6. The van der Waals surface area contributed by atoms with Crippen molar-refractivity contribution >= 4 is 23.5 Å². The van der Waals surface area contributed by atoms with Gasteiger partial charge in [-0.25, -0.2) is 0 Å². The highest BCUT2D eigenvalue weighted by molar-refractivity contribution is 5.89. The summed E-state index contributed by atoms with van der Waals surface area (Å²) in [6.07, 6.45) is -1.46. The number of benzene rings is 1. The molecule has 29 heavy (non-hydrogen) atoms. The van der Waals surface area contributed by atoms with Crippen LogP contribution in [0.5, 0.6) is 0 Å². The van der Waals surface area contributed by atoms with E-state index in [1.54, 1.807) is 6.92 Å². The van der Waals surface area contributed by atoms with Gasteiger partial charge in [-0.15, -0.1) is 0 Å². The number of amides is 2. The minimum absolute atomic E-state index is 0.0350. The van der Waals surface area contributed by atoms with Gasteiger partial charge < -0.3 is 20.9 Å². The fraction of sp³-hybridized carbons (Fsp3) is 0.526. The Labute approximate surface area is 168 Å². The summed E-state index contributed by atoms with van der Waals surface area (Å²) in [4.78, 5) is 46.7. The first kappa shape index (κ1) is 24.0. The summed E-state index contributed by atoms with van der Waals surface area (Å²) >= 11 is 0. The molecule has 1 rings (SSSR count). The number of carbonyl (C=O) groups excluding carboxylic acids is 3. The summed E-state index contributed by atoms with van der Waals surface area (Å²) < 4.78 is 4.93. The molecular formula is C19H27N3O7. The number of nitro benzene ring substituents is 1. The molecule has 10 heteroatoms. The Morgan fingerprint density at radius 2 is 1.83 bits per heavy atom. The van der Waals surface area contributed by atoms with E-state index < -0.39 is 40.8 Å². The monoisotopic (exact) mass is 409 g/mol. The Hall–Kier alpha value is -3.01. The standard InChI is InChI=1S/C19H27N3O7/c1-4-29-16(24)10-14(12-5-7-13(8-6-12)22(27)28)17(18(20)25)21-19(26)15(23)9-11(2)3/h5-8,11,14-15,17,23H,4,9-10H2,1-3H3,(H2,20,25)(H,21,26)/t14-,15+,17+/m1/s1. The number of carbonyl (C=O) groups is 3. The molecule has 4 N–H and O–H groups in total. The average Bonchev–Trinajstić information content (AvgIpc) is 2.63. The van der Waals surface area contributed by atoms with Crippen LogP contribution in [0.1, 0.15) is 45.1 Å². The molecule has 0 spiro atoms. The van der Waals surface area contributed by atoms with Crippen LogP contribution in [0.2, 0.25) is 0 Å². The summed E-state index contributed by atoms with van der Waals surface area (Å²) in [7, 11) is 0. The highest BCUT2D eigenvalue weighted by Gasteiger charge is 2.33. The first-order chi connectivity index (χ1) is 13.6. The summed E-state index contributed by atoms with van der Waals surface area (Å²) in [5.74, 6) is -3.23. The van der Waals surface area contributed by atoms with Crippen molar-refractivity contribution in [1.82, 2.24) is 5.32 Å². The minimum Gasteiger partial charge on any atom is -0.466 e. The van der Waals surface area contributed by atoms with Crippen LogP contribution in [0, 0.1) is 16.0 Å². The molecule has 2 amide bonds. The number of primary amides is 1. The van der Waals surface area contributed by atoms with Crippen molar-refractivity contribution in [3.63, 3.8) is 0 Å². The van der Waals surface area contributed by atoms with Crippen LogP contribution < -0.4 is 11.1 Å². The van der Waals surface area contributed by atoms with E-state index in [1.807, 2.05) is 13.8 Å². The Bertz CT molecular complexity index is 734. The lowest BCUT2D eigenvalue weighted by molar-refractivity contribution is -0.384. The van der Waals surface area contributed by atoms with E-state index in [2.05, 4.69) is 5.32 Å². The molecule has 0 saturated carbocycles. The highest BCUT2D eigenvalue weighted by Crippen LogP contribution is 2.27. The number of aliphatic hydroxyl groups is 1. The zero-order valence-corrected chi connectivity index (χ0v) is 16.7. The largest absolute Gasteiger partial charge is 0.466 e. The van der Waals surface area contributed by atoms with Gasteiger partial charge in [0.25, 0.3) is 5.69 Å². The van der Waals surface area contributed by atoms with Crippen LogP contribution in [0.15, 0.2) is 24.3 Å². The van der Waals surface area contributed by atoms with Gasteiger partial charge in [0.05, 0.1) is 18.0 Å². The van der Waals surface area contributed by atoms with Crippen LogP contribution in [-0.4, -0.2) is 46.6 Å². The van der Waals surface area contributed by atoms with E-state index in [4.69, 9.17) is 10.5 Å². The molecule has 1 aromatic rings. The van der Waals surface area contributed by atoms with Crippen LogP contribution in [0.4, 0.5) is 5.69 Å². The van der Waals surface area contributed by atoms with Gasteiger partial charge in [-0.05, 0) is 24.8 Å². The Balaban J connectivity index is 3.20. The van der Waals surface area contributed by atoms with Crippen molar-refractivity contribution in [1.29, 1.82) is 0 Å². The van der Waals surface area contributed by atoms with E-state index >= 15 is 0 Å². The molecule has 0 fully saturated rings. The number of aliphatic hydroxyl groups excluding tert-OH is 1. The van der Waals surface area contributed by atoms with Gasteiger partial charge >= 0.3 is 5.97 Å². The number of nitrogens with zero attached hydrogens (tertiary/aromatic N) is 1. The molecule has 1 aromatic carbocycles. The van der Waals surface area contributed by atoms with Gasteiger partial charge in [0.1, 0.15) is 12.1 Å². The van der Waals surface area contributed by atoms with Gasteiger partial charge in [0.2, 0.25) is 11.8 Å². The first-order valence-corrected chi connectivity index (χ1v) is 9.24. The van der Waals surface area contributed by atoms with Crippen molar-refractivity contribution in [2.75, 3.05) is 6.61 Å². The van der Waals surface area contributed by atoms with Gasteiger partial charge in [-0.1, -0.05) is 26.0 Å². The van der Waals surface area contributed by atoms with E-state index in [-0.39, 0.29) is 31.1 Å². The quantitative estimate of drug-likeness (QED) is 0.279. The Morgan fingerprint density at radius 1 is 1.24 bits per heavy atom. The Kier molecular flexibility index (Phi) is 9.20. The third kappa shape index (κ3) is 7.49. The fourth-order valence-electron chi connectivity index (χ4n) is 2.84. The summed E-state index contributed by atoms with van der Waals surface area (Å²) in [5.41, 5.74) is 5.67. The molecule has 160 valence electrons. The maximum atomic E-state index is 12.3. The van der Waals surface area contributed by atoms with Gasteiger partial charge in [0, 0.05) is 18.1 Å². The lowest BCUT2D eigenvalue weighted by Gasteiger charge is -2.26. The number of non-ortho nitro benzene ring substituents is 1. The number of nitro groups is 1. The zero-order valence-electron chi connectivity index (χ0n) is 16.7. The van der Waals surface area contributed by atoms with E-state index in [1.165, 1.54) is 24.3 Å². The second-order valence-corrected chi connectivity index (χ2v) is 7.00. The van der Waals surface area contributed by atoms with Crippen LogP contribution >= 0.6 is 0 Å². The molecule has 0 unspecified atom stereocenters. The topological polar surface area (TPSA) is 162 Å². The number of hydrogen-bond acceptors (Lipinski definition) is 7. The fourth-order valence-corrected chi connectivity index (χ4v) is 2.84. The number of nitrogens with one attached hydrogen (secondary N) is 1. The number of esters is 1. The van der Waals surface area contributed by atoms with Crippen molar-refractivity contribution < 1.29 is 29.2 Å². The van der Waals surface area contributed by atoms with Crippen molar-refractivity contribution in [2.45, 2.75) is 51.7 Å². The predicted molar refractivity (Wildman–Crippen MR) is 104 cm³/mol. The normalized spacial score (nSPS) is 14.0. The Morgan fingerprint density at radius 3 is 2.28 bits per heavy atom. The maximum Gasteiger partial charge on any atom is 0.306 e. The predicted octanol–water partition coefficient (Wildman–Crippen LogP) is 1.01. The molecule has 0 bridgehead atoms. The summed E-state index contributed by atoms with van der Waals surface area (Å²) in [5, 5.41) is 23.3. The first-order valence-electron chi connectivity index (χ1n) is 9.24. The van der Waals surface area contributed by atoms with Crippen LogP contribution in [0.25, 0.3) is 0 Å². The van der Waals surface area contributed by atoms with Gasteiger partial charge in [0.15, 0.2) is 0 Å². The maximum absolute atomic E-state index is 12.3.